The van der Waals surface area contributed by atoms with Crippen LogP contribution in [0.15, 0.2) is 160 Å². The zero-order valence-corrected chi connectivity index (χ0v) is 24.2. The van der Waals surface area contributed by atoms with Gasteiger partial charge in [0, 0.05) is 45.1 Å². The van der Waals surface area contributed by atoms with Gasteiger partial charge in [-0.05, 0) is 40.1 Å². The molecule has 2 aromatic heterocycles. The number of nitrogens with one attached hydrogen (secondary N) is 1. The molecular formula is C40H26N4O. The Labute approximate surface area is 259 Å². The second kappa shape index (κ2) is 10.3. The molecule has 3 heterocycles. The van der Waals surface area contributed by atoms with Gasteiger partial charge < -0.3 is 9.73 Å². The van der Waals surface area contributed by atoms with Crippen LogP contribution in [0.3, 0.4) is 0 Å². The van der Waals surface area contributed by atoms with Crippen molar-refractivity contribution in [2.24, 2.45) is 9.98 Å². The van der Waals surface area contributed by atoms with Gasteiger partial charge in [0.05, 0.1) is 5.52 Å². The maximum atomic E-state index is 6.38. The van der Waals surface area contributed by atoms with E-state index in [1.54, 1.807) is 0 Å². The number of amidine groups is 2. The van der Waals surface area contributed by atoms with Gasteiger partial charge in [0.1, 0.15) is 23.2 Å². The second-order valence-corrected chi connectivity index (χ2v) is 11.3. The van der Waals surface area contributed by atoms with Crippen LogP contribution in [0.25, 0.3) is 54.7 Å². The van der Waals surface area contributed by atoms with Crippen LogP contribution in [0.2, 0.25) is 0 Å². The molecule has 212 valence electrons. The lowest BCUT2D eigenvalue weighted by Crippen LogP contribution is -2.33. The first-order chi connectivity index (χ1) is 22.3. The molecule has 0 saturated heterocycles. The van der Waals surface area contributed by atoms with Gasteiger partial charge in [-0.1, -0.05) is 115 Å². The lowest BCUT2D eigenvalue weighted by atomic mass is 9.91. The molecule has 0 bridgehead atoms. The van der Waals surface area contributed by atoms with E-state index < -0.39 is 0 Å². The van der Waals surface area contributed by atoms with Gasteiger partial charge >= 0.3 is 0 Å². The zero-order valence-electron chi connectivity index (χ0n) is 24.2. The molecule has 9 rings (SSSR count). The maximum absolute atomic E-state index is 6.38. The van der Waals surface area contributed by atoms with E-state index in [0.717, 1.165) is 77.3 Å². The van der Waals surface area contributed by atoms with Gasteiger partial charge in [-0.25, -0.2) is 9.98 Å². The van der Waals surface area contributed by atoms with Gasteiger partial charge in [0.15, 0.2) is 5.84 Å². The summed E-state index contributed by atoms with van der Waals surface area (Å²) in [6.07, 6.45) is 1.50. The molecule has 0 amide bonds. The molecule has 5 heteroatoms. The fourth-order valence-electron chi connectivity index (χ4n) is 6.48. The van der Waals surface area contributed by atoms with E-state index in [9.17, 15) is 0 Å². The topological polar surface area (TPSA) is 62.8 Å². The van der Waals surface area contributed by atoms with Crippen molar-refractivity contribution in [1.29, 1.82) is 0 Å². The molecule has 0 spiro atoms. The molecule has 1 N–H and O–H groups in total. The van der Waals surface area contributed by atoms with E-state index in [0.29, 0.717) is 5.84 Å². The predicted octanol–water partition coefficient (Wildman–Crippen LogP) is 9.45. The Morgan fingerprint density at radius 1 is 0.578 bits per heavy atom. The standard InChI is InChI=1S/C40H26N4O/c1-3-11-25(12-4-1)38-42-39(26-13-5-2-6-14-26)44-40(43-38)32-21-20-30(28-16-7-8-17-29(28)32)31-18-9-19-35-37(31)33-23-27-15-10-22-41-34(27)24-36(33)45-35/h1-24,40H,(H,42,43,44). The predicted molar refractivity (Wildman–Crippen MR) is 184 cm³/mol. The van der Waals surface area contributed by atoms with Gasteiger partial charge in [-0.3, -0.25) is 4.98 Å². The van der Waals surface area contributed by atoms with Crippen LogP contribution < -0.4 is 5.32 Å². The Hall–Kier alpha value is -6.07. The monoisotopic (exact) mass is 578 g/mol. The number of benzene rings is 6. The van der Waals surface area contributed by atoms with E-state index in [1.807, 2.05) is 60.8 Å². The summed E-state index contributed by atoms with van der Waals surface area (Å²) < 4.78 is 6.38. The van der Waals surface area contributed by atoms with E-state index in [2.05, 4.69) is 95.2 Å². The number of pyridine rings is 1. The molecule has 0 radical (unpaired) electrons. The highest BCUT2D eigenvalue weighted by Crippen LogP contribution is 2.41. The molecule has 8 aromatic rings. The molecule has 1 unspecified atom stereocenters. The maximum Gasteiger partial charge on any atom is 0.159 e. The molecular weight excluding hydrogens is 552 g/mol. The summed E-state index contributed by atoms with van der Waals surface area (Å²) in [6.45, 7) is 0. The van der Waals surface area contributed by atoms with E-state index in [4.69, 9.17) is 14.4 Å². The minimum atomic E-state index is -0.323. The normalized spacial score (nSPS) is 14.9. The Kier molecular flexibility index (Phi) is 5.81. The van der Waals surface area contributed by atoms with Crippen LogP contribution in [0.1, 0.15) is 22.9 Å². The fourth-order valence-corrected chi connectivity index (χ4v) is 6.48. The number of aliphatic imine (C=N–C) groups is 2. The summed E-state index contributed by atoms with van der Waals surface area (Å²) in [5, 5.41) is 9.22. The van der Waals surface area contributed by atoms with Gasteiger partial charge in [0.2, 0.25) is 0 Å². The summed E-state index contributed by atoms with van der Waals surface area (Å²) in [7, 11) is 0. The molecule has 0 fully saturated rings. The first kappa shape index (κ1) is 25.4. The van der Waals surface area contributed by atoms with Gasteiger partial charge in [-0.15, -0.1) is 0 Å². The average molecular weight is 579 g/mol. The third-order valence-corrected chi connectivity index (χ3v) is 8.58. The Morgan fingerprint density at radius 2 is 1.36 bits per heavy atom. The zero-order chi connectivity index (χ0) is 29.7. The molecule has 1 aliphatic rings. The summed E-state index contributed by atoms with van der Waals surface area (Å²) in [6, 6.07) is 48.1. The number of furan rings is 1. The quantitative estimate of drug-likeness (QED) is 0.226. The molecule has 0 aliphatic carbocycles. The van der Waals surface area contributed by atoms with Crippen molar-refractivity contribution in [3.8, 4) is 11.1 Å². The Morgan fingerprint density at radius 3 is 2.20 bits per heavy atom. The van der Waals surface area contributed by atoms with Crippen LogP contribution in [-0.4, -0.2) is 16.7 Å². The SMILES string of the molecule is c1ccc(C2=NC(c3ccc(-c4cccc5oc6cc7ncccc7cc6c45)c4ccccc34)NC(c3ccccc3)=N2)cc1. The van der Waals surface area contributed by atoms with Crippen molar-refractivity contribution in [3.63, 3.8) is 0 Å². The van der Waals surface area contributed by atoms with E-state index in [-0.39, 0.29) is 6.17 Å². The first-order valence-corrected chi connectivity index (χ1v) is 15.1. The second-order valence-electron chi connectivity index (χ2n) is 11.3. The van der Waals surface area contributed by atoms with Crippen LogP contribution in [0.4, 0.5) is 0 Å². The summed E-state index contributed by atoms with van der Waals surface area (Å²) in [5.74, 6) is 1.52. The Balaban J connectivity index is 1.23. The molecule has 1 atom stereocenters. The van der Waals surface area contributed by atoms with Crippen LogP contribution in [0, 0.1) is 0 Å². The van der Waals surface area contributed by atoms with Crippen molar-refractivity contribution < 1.29 is 4.42 Å². The van der Waals surface area contributed by atoms with Crippen molar-refractivity contribution in [3.05, 3.63) is 162 Å². The highest BCUT2D eigenvalue weighted by Gasteiger charge is 2.24. The van der Waals surface area contributed by atoms with Crippen molar-refractivity contribution in [1.82, 2.24) is 10.3 Å². The number of hydrogen-bond acceptors (Lipinski definition) is 5. The highest BCUT2D eigenvalue weighted by molar-refractivity contribution is 6.18. The number of aromatic nitrogens is 1. The highest BCUT2D eigenvalue weighted by atomic mass is 16.3. The number of nitrogens with zero attached hydrogens (tertiary/aromatic N) is 3. The van der Waals surface area contributed by atoms with Gasteiger partial charge in [0.25, 0.3) is 0 Å². The van der Waals surface area contributed by atoms with Crippen molar-refractivity contribution >= 4 is 55.3 Å². The summed E-state index contributed by atoms with van der Waals surface area (Å²) >= 11 is 0. The summed E-state index contributed by atoms with van der Waals surface area (Å²) in [5.41, 5.74) is 8.00. The molecule has 5 nitrogen and oxygen atoms in total. The average Bonchev–Trinajstić information content (AvgIpc) is 3.48. The third kappa shape index (κ3) is 4.28. The fraction of sp³-hybridized carbons (Fsp3) is 0.0250. The number of hydrogen-bond donors (Lipinski definition) is 1. The number of rotatable bonds is 4. The van der Waals surface area contributed by atoms with Gasteiger partial charge in [-0.2, -0.15) is 0 Å². The molecule has 45 heavy (non-hydrogen) atoms. The minimum absolute atomic E-state index is 0.323. The van der Waals surface area contributed by atoms with Crippen LogP contribution in [-0.2, 0) is 0 Å². The number of fused-ring (bicyclic) bond motifs is 5. The summed E-state index contributed by atoms with van der Waals surface area (Å²) in [4.78, 5) is 14.7. The van der Waals surface area contributed by atoms with Crippen molar-refractivity contribution in [2.75, 3.05) is 0 Å². The lowest BCUT2D eigenvalue weighted by Gasteiger charge is -2.25. The van der Waals surface area contributed by atoms with E-state index >= 15 is 0 Å². The van der Waals surface area contributed by atoms with Crippen LogP contribution in [0.5, 0.6) is 0 Å². The minimum Gasteiger partial charge on any atom is -0.456 e. The molecule has 6 aromatic carbocycles. The largest absolute Gasteiger partial charge is 0.456 e. The molecule has 0 saturated carbocycles. The van der Waals surface area contributed by atoms with E-state index in [1.165, 1.54) is 0 Å². The van der Waals surface area contributed by atoms with Crippen LogP contribution >= 0.6 is 0 Å². The molecule has 1 aliphatic heterocycles. The van der Waals surface area contributed by atoms with Crippen molar-refractivity contribution in [2.45, 2.75) is 6.17 Å². The Bertz CT molecular complexity index is 2460. The third-order valence-electron chi connectivity index (χ3n) is 8.58. The lowest BCUT2D eigenvalue weighted by molar-refractivity contribution is 0.669. The first-order valence-electron chi connectivity index (χ1n) is 15.1. The smallest absolute Gasteiger partial charge is 0.159 e.